The molecule has 2 fully saturated rings. The minimum absolute atomic E-state index is 0.463. The number of hydrogen-bond acceptors (Lipinski definition) is 3. The van der Waals surface area contributed by atoms with Crippen molar-refractivity contribution in [3.63, 3.8) is 0 Å². The van der Waals surface area contributed by atoms with Gasteiger partial charge in [0.15, 0.2) is 5.65 Å². The van der Waals surface area contributed by atoms with E-state index < -0.39 is 0 Å². The summed E-state index contributed by atoms with van der Waals surface area (Å²) in [5, 5.41) is 5.87. The summed E-state index contributed by atoms with van der Waals surface area (Å²) in [5.74, 6) is 1.41. The van der Waals surface area contributed by atoms with Crippen molar-refractivity contribution in [2.75, 3.05) is 0 Å². The van der Waals surface area contributed by atoms with Crippen molar-refractivity contribution in [2.24, 2.45) is 5.92 Å². The molecule has 2 atom stereocenters. The second-order valence-corrected chi connectivity index (χ2v) is 10.6. The fraction of sp³-hybridized carbons (Fsp3) is 0.500. The van der Waals surface area contributed by atoms with Gasteiger partial charge in [-0.2, -0.15) is 5.10 Å². The second-order valence-electron chi connectivity index (χ2n) is 9.57. The summed E-state index contributed by atoms with van der Waals surface area (Å²) in [5.41, 5.74) is 8.06. The molecule has 4 nitrogen and oxygen atoms in total. The van der Waals surface area contributed by atoms with Crippen LogP contribution in [-0.2, 0) is 5.41 Å². The first-order valence-corrected chi connectivity index (χ1v) is 11.8. The van der Waals surface area contributed by atoms with Gasteiger partial charge in [-0.15, -0.1) is 11.3 Å². The Morgan fingerprint density at radius 3 is 2.93 bits per heavy atom. The highest BCUT2D eigenvalue weighted by Gasteiger charge is 2.57. The number of fused-ring (bicyclic) bond motifs is 3. The maximum absolute atomic E-state index is 4.38. The number of aromatic amines is 1. The van der Waals surface area contributed by atoms with Gasteiger partial charge in [0.05, 0.1) is 5.69 Å². The molecule has 4 aromatic rings. The summed E-state index contributed by atoms with van der Waals surface area (Å²) in [6.45, 7) is 9.14. The maximum Gasteiger partial charge on any atom is 0.158 e. The van der Waals surface area contributed by atoms with Gasteiger partial charge in [0.2, 0.25) is 0 Å². The molecule has 0 aliphatic heterocycles. The molecule has 0 aromatic carbocycles. The van der Waals surface area contributed by atoms with Crippen LogP contribution in [0.2, 0.25) is 0 Å². The number of thiophene rings is 1. The molecule has 29 heavy (non-hydrogen) atoms. The zero-order chi connectivity index (χ0) is 19.9. The number of nitrogens with one attached hydrogen (secondary N) is 1. The van der Waals surface area contributed by atoms with Crippen LogP contribution in [-0.4, -0.2) is 19.6 Å². The van der Waals surface area contributed by atoms with E-state index in [1.165, 1.54) is 59.1 Å². The smallest absolute Gasteiger partial charge is 0.158 e. The number of rotatable bonds is 3. The molecular weight excluding hydrogens is 376 g/mol. The summed E-state index contributed by atoms with van der Waals surface area (Å²) in [4.78, 5) is 11.3. The monoisotopic (exact) mass is 404 g/mol. The van der Waals surface area contributed by atoms with Crippen LogP contribution >= 0.6 is 11.3 Å². The zero-order valence-corrected chi connectivity index (χ0v) is 18.5. The molecule has 0 bridgehead atoms. The number of nitrogens with zero attached hydrogens (tertiary/aromatic N) is 3. The first-order chi connectivity index (χ1) is 14.0. The van der Waals surface area contributed by atoms with E-state index in [4.69, 9.17) is 0 Å². The van der Waals surface area contributed by atoms with E-state index in [9.17, 15) is 0 Å². The van der Waals surface area contributed by atoms with Crippen LogP contribution in [0, 0.1) is 19.8 Å². The lowest BCUT2D eigenvalue weighted by atomic mass is 9.85. The molecule has 4 heterocycles. The Morgan fingerprint density at radius 1 is 1.28 bits per heavy atom. The quantitative estimate of drug-likeness (QED) is 0.423. The van der Waals surface area contributed by atoms with Crippen LogP contribution in [0.4, 0.5) is 0 Å². The van der Waals surface area contributed by atoms with E-state index >= 15 is 0 Å². The topological polar surface area (TPSA) is 46.0 Å². The third kappa shape index (κ3) is 2.37. The molecular formula is C24H28N4S. The third-order valence-electron chi connectivity index (χ3n) is 7.46. The number of H-pyrrole nitrogens is 1. The van der Waals surface area contributed by atoms with E-state index in [-0.39, 0.29) is 0 Å². The average Bonchev–Trinajstić information content (AvgIpc) is 2.98. The molecule has 2 saturated carbocycles. The van der Waals surface area contributed by atoms with Gasteiger partial charge in [0, 0.05) is 27.4 Å². The van der Waals surface area contributed by atoms with Crippen molar-refractivity contribution in [3.05, 3.63) is 40.2 Å². The highest BCUT2D eigenvalue weighted by molar-refractivity contribution is 7.19. The van der Waals surface area contributed by atoms with Crippen LogP contribution in [0.3, 0.4) is 0 Å². The zero-order valence-electron chi connectivity index (χ0n) is 17.7. The number of aromatic nitrogens is 4. The van der Waals surface area contributed by atoms with E-state index in [1.807, 2.05) is 15.9 Å². The molecule has 150 valence electrons. The third-order valence-corrected chi connectivity index (χ3v) is 8.89. The van der Waals surface area contributed by atoms with E-state index in [0.717, 1.165) is 17.1 Å². The fourth-order valence-corrected chi connectivity index (χ4v) is 7.56. The van der Waals surface area contributed by atoms with Crippen LogP contribution in [0.5, 0.6) is 0 Å². The molecule has 2 aliphatic rings. The second kappa shape index (κ2) is 5.94. The summed E-state index contributed by atoms with van der Waals surface area (Å²) in [6, 6.07) is 2.25. The van der Waals surface area contributed by atoms with Gasteiger partial charge < -0.3 is 4.98 Å². The summed E-state index contributed by atoms with van der Waals surface area (Å²) in [7, 11) is 0. The summed E-state index contributed by atoms with van der Waals surface area (Å²) in [6.07, 6.45) is 10.8. The van der Waals surface area contributed by atoms with E-state index in [0.29, 0.717) is 11.3 Å². The van der Waals surface area contributed by atoms with Gasteiger partial charge in [-0.1, -0.05) is 26.7 Å². The van der Waals surface area contributed by atoms with Gasteiger partial charge in [-0.05, 0) is 67.7 Å². The molecule has 6 rings (SSSR count). The lowest BCUT2D eigenvalue weighted by Gasteiger charge is -2.22. The molecule has 0 saturated heterocycles. The summed E-state index contributed by atoms with van der Waals surface area (Å²) >= 11 is 2.04. The average molecular weight is 405 g/mol. The Balaban J connectivity index is 1.55. The predicted octanol–water partition coefficient (Wildman–Crippen LogP) is 6.51. The lowest BCUT2D eigenvalue weighted by Crippen LogP contribution is -2.13. The van der Waals surface area contributed by atoms with Gasteiger partial charge >= 0.3 is 0 Å². The molecule has 0 spiro atoms. The number of aryl methyl sites for hydroxylation is 2. The maximum atomic E-state index is 4.38. The Morgan fingerprint density at radius 2 is 2.14 bits per heavy atom. The van der Waals surface area contributed by atoms with Gasteiger partial charge in [-0.25, -0.2) is 9.50 Å². The molecule has 2 aliphatic carbocycles. The molecule has 4 aromatic heterocycles. The van der Waals surface area contributed by atoms with Crippen molar-refractivity contribution in [1.82, 2.24) is 19.6 Å². The molecule has 0 radical (unpaired) electrons. The Kier molecular flexibility index (Phi) is 3.63. The van der Waals surface area contributed by atoms with Crippen LogP contribution in [0.1, 0.15) is 73.4 Å². The normalized spacial score (nSPS) is 24.0. The first-order valence-electron chi connectivity index (χ1n) is 11.0. The van der Waals surface area contributed by atoms with Gasteiger partial charge in [0.1, 0.15) is 11.2 Å². The molecule has 2 unspecified atom stereocenters. The summed E-state index contributed by atoms with van der Waals surface area (Å²) < 4.78 is 1.90. The standard InChI is InChI=1S/C24H28N4S/c1-13(2)18-19-15(4)21(24-8-6-5-7-17(24)10-24)29-23(19)27-20(18)16-9-14(3)22-25-12-26-28(22)11-16/h9,11-13,17,27H,5-8,10H2,1-4H3. The lowest BCUT2D eigenvalue weighted by molar-refractivity contribution is 0.432. The fourth-order valence-electron chi connectivity index (χ4n) is 6.03. The number of hydrogen-bond donors (Lipinski definition) is 1. The highest BCUT2D eigenvalue weighted by Crippen LogP contribution is 2.65. The van der Waals surface area contributed by atoms with Crippen molar-refractivity contribution in [2.45, 2.75) is 71.1 Å². The van der Waals surface area contributed by atoms with Crippen molar-refractivity contribution < 1.29 is 0 Å². The van der Waals surface area contributed by atoms with Crippen LogP contribution < -0.4 is 0 Å². The highest BCUT2D eigenvalue weighted by atomic mass is 32.1. The SMILES string of the molecule is Cc1c(C23CCCCC2C3)sc2[nH]c(-c3cc(C)c4ncnn4c3)c(C(C)C)c12. The Labute approximate surface area is 175 Å². The van der Waals surface area contributed by atoms with Crippen molar-refractivity contribution in [1.29, 1.82) is 0 Å². The van der Waals surface area contributed by atoms with Crippen LogP contribution in [0.15, 0.2) is 18.6 Å². The molecule has 1 N–H and O–H groups in total. The Bertz CT molecular complexity index is 1260. The number of pyridine rings is 1. The van der Waals surface area contributed by atoms with Crippen LogP contribution in [0.25, 0.3) is 27.1 Å². The van der Waals surface area contributed by atoms with E-state index in [2.05, 4.69) is 55.0 Å². The van der Waals surface area contributed by atoms with E-state index in [1.54, 1.807) is 16.8 Å². The van der Waals surface area contributed by atoms with Gasteiger partial charge in [-0.3, -0.25) is 0 Å². The van der Waals surface area contributed by atoms with Crippen molar-refractivity contribution >= 4 is 27.2 Å². The minimum Gasteiger partial charge on any atom is -0.346 e. The molecule has 0 amide bonds. The molecule has 5 heteroatoms. The Hall–Kier alpha value is -2.14. The largest absolute Gasteiger partial charge is 0.346 e. The minimum atomic E-state index is 0.463. The first kappa shape index (κ1) is 17.7. The van der Waals surface area contributed by atoms with Crippen molar-refractivity contribution in [3.8, 4) is 11.3 Å². The van der Waals surface area contributed by atoms with Gasteiger partial charge in [0.25, 0.3) is 0 Å². The predicted molar refractivity (Wildman–Crippen MR) is 120 cm³/mol.